The summed E-state index contributed by atoms with van der Waals surface area (Å²) in [7, 11) is 1.61. The van der Waals surface area contributed by atoms with E-state index in [2.05, 4.69) is 5.32 Å². The lowest BCUT2D eigenvalue weighted by molar-refractivity contribution is 0.0551. The van der Waals surface area contributed by atoms with E-state index in [1.54, 1.807) is 13.1 Å². The molecule has 25 heavy (non-hydrogen) atoms. The lowest BCUT2D eigenvalue weighted by Gasteiger charge is -2.27. The number of amides is 1. The van der Waals surface area contributed by atoms with Crippen LogP contribution >= 0.6 is 0 Å². The molecule has 5 nitrogen and oxygen atoms in total. The van der Waals surface area contributed by atoms with Crippen LogP contribution in [0.3, 0.4) is 0 Å². The normalized spacial score (nSPS) is 23.0. The molecule has 2 heterocycles. The summed E-state index contributed by atoms with van der Waals surface area (Å²) in [5, 5.41) is 2.67. The number of Topliss-reactive ketones (excluding diaryl/α,β-unsaturated/α-hetero) is 1. The van der Waals surface area contributed by atoms with E-state index >= 15 is 0 Å². The Morgan fingerprint density at radius 2 is 1.92 bits per heavy atom. The SMILES string of the molecule is CNC(=O)c1cc(C(=O)CC2CC2)cc2c1OCC2C1CCOCC1. The number of benzene rings is 1. The van der Waals surface area contributed by atoms with Gasteiger partial charge >= 0.3 is 0 Å². The molecular weight excluding hydrogens is 318 g/mol. The molecule has 5 heteroatoms. The van der Waals surface area contributed by atoms with E-state index in [-0.39, 0.29) is 17.6 Å². The molecule has 1 aromatic carbocycles. The zero-order valence-electron chi connectivity index (χ0n) is 14.7. The van der Waals surface area contributed by atoms with Gasteiger partial charge in [0.25, 0.3) is 5.91 Å². The molecule has 1 unspecified atom stereocenters. The van der Waals surface area contributed by atoms with Gasteiger partial charge in [0.1, 0.15) is 5.75 Å². The molecule has 1 N–H and O–H groups in total. The Labute approximate surface area is 148 Å². The van der Waals surface area contributed by atoms with Gasteiger partial charge in [-0.05, 0) is 49.7 Å². The monoisotopic (exact) mass is 343 g/mol. The highest BCUT2D eigenvalue weighted by Gasteiger charge is 2.36. The summed E-state index contributed by atoms with van der Waals surface area (Å²) in [6.45, 7) is 2.14. The highest BCUT2D eigenvalue weighted by atomic mass is 16.5. The van der Waals surface area contributed by atoms with E-state index in [4.69, 9.17) is 9.47 Å². The molecule has 2 aliphatic heterocycles. The topological polar surface area (TPSA) is 64.6 Å². The highest BCUT2D eigenvalue weighted by molar-refractivity contribution is 6.03. The lowest BCUT2D eigenvalue weighted by atomic mass is 9.81. The number of hydrogen-bond acceptors (Lipinski definition) is 4. The van der Waals surface area contributed by atoms with Gasteiger partial charge in [-0.25, -0.2) is 0 Å². The summed E-state index contributed by atoms with van der Waals surface area (Å²) in [5.41, 5.74) is 2.19. The van der Waals surface area contributed by atoms with E-state index in [1.807, 2.05) is 6.07 Å². The van der Waals surface area contributed by atoms with Crippen LogP contribution in [0.2, 0.25) is 0 Å². The fourth-order valence-corrected chi connectivity index (χ4v) is 4.03. The summed E-state index contributed by atoms with van der Waals surface area (Å²) in [6.07, 6.45) is 4.89. The van der Waals surface area contributed by atoms with Crippen molar-refractivity contribution in [2.75, 3.05) is 26.9 Å². The molecule has 1 aromatic rings. The van der Waals surface area contributed by atoms with Crippen molar-refractivity contribution in [3.8, 4) is 5.75 Å². The second kappa shape index (κ2) is 6.79. The quantitative estimate of drug-likeness (QED) is 0.835. The fourth-order valence-electron chi connectivity index (χ4n) is 4.03. The standard InChI is InChI=1S/C20H25NO4/c1-21-20(23)16-10-14(18(22)8-12-2-3-12)9-15-17(11-25-19(15)16)13-4-6-24-7-5-13/h9-10,12-13,17H,2-8,11H2,1H3,(H,21,23). The first-order valence-corrected chi connectivity index (χ1v) is 9.31. The molecule has 0 spiro atoms. The van der Waals surface area contributed by atoms with Gasteiger partial charge in [0, 0.05) is 43.7 Å². The average Bonchev–Trinajstić information content (AvgIpc) is 3.36. The van der Waals surface area contributed by atoms with Crippen LogP contribution in [0, 0.1) is 11.8 Å². The number of ether oxygens (including phenoxy) is 2. The molecule has 3 aliphatic rings. The van der Waals surface area contributed by atoms with E-state index < -0.39 is 0 Å². The Morgan fingerprint density at radius 1 is 1.16 bits per heavy atom. The zero-order valence-corrected chi connectivity index (χ0v) is 14.7. The van der Waals surface area contributed by atoms with Crippen molar-refractivity contribution < 1.29 is 19.1 Å². The molecule has 2 fully saturated rings. The Balaban J connectivity index is 1.70. The van der Waals surface area contributed by atoms with Crippen molar-refractivity contribution in [3.63, 3.8) is 0 Å². The first kappa shape index (κ1) is 16.6. The minimum atomic E-state index is -0.190. The summed E-state index contributed by atoms with van der Waals surface area (Å²) in [5.74, 6) is 1.89. The summed E-state index contributed by atoms with van der Waals surface area (Å²) in [6, 6.07) is 3.70. The third kappa shape index (κ3) is 3.30. The van der Waals surface area contributed by atoms with Crippen LogP contribution in [0.1, 0.15) is 64.3 Å². The Morgan fingerprint density at radius 3 is 2.60 bits per heavy atom. The van der Waals surface area contributed by atoms with E-state index in [9.17, 15) is 9.59 Å². The molecular formula is C20H25NO4. The van der Waals surface area contributed by atoms with Crippen LogP contribution in [-0.2, 0) is 4.74 Å². The van der Waals surface area contributed by atoms with Gasteiger partial charge in [-0.15, -0.1) is 0 Å². The van der Waals surface area contributed by atoms with Gasteiger partial charge in [0.15, 0.2) is 5.78 Å². The van der Waals surface area contributed by atoms with Crippen molar-refractivity contribution in [1.29, 1.82) is 0 Å². The van der Waals surface area contributed by atoms with Crippen LogP contribution in [0.5, 0.6) is 5.75 Å². The van der Waals surface area contributed by atoms with Crippen LogP contribution < -0.4 is 10.1 Å². The van der Waals surface area contributed by atoms with Gasteiger partial charge in [0.05, 0.1) is 12.2 Å². The van der Waals surface area contributed by atoms with E-state index in [1.165, 1.54) is 0 Å². The third-order valence-corrected chi connectivity index (χ3v) is 5.72. The van der Waals surface area contributed by atoms with Gasteiger partial charge < -0.3 is 14.8 Å². The molecule has 1 saturated carbocycles. The van der Waals surface area contributed by atoms with Gasteiger partial charge in [0.2, 0.25) is 0 Å². The summed E-state index contributed by atoms with van der Waals surface area (Å²) < 4.78 is 11.4. The minimum absolute atomic E-state index is 0.146. The van der Waals surface area contributed by atoms with Crippen molar-refractivity contribution in [2.45, 2.75) is 38.0 Å². The number of nitrogens with one attached hydrogen (secondary N) is 1. The molecule has 1 atom stereocenters. The first-order valence-electron chi connectivity index (χ1n) is 9.31. The van der Waals surface area contributed by atoms with Crippen molar-refractivity contribution >= 4 is 11.7 Å². The maximum Gasteiger partial charge on any atom is 0.254 e. The van der Waals surface area contributed by atoms with Gasteiger partial charge in [-0.2, -0.15) is 0 Å². The first-order chi connectivity index (χ1) is 12.2. The second-order valence-corrected chi connectivity index (χ2v) is 7.46. The number of carbonyl (C=O) groups excluding carboxylic acids is 2. The second-order valence-electron chi connectivity index (χ2n) is 7.46. The number of ketones is 1. The third-order valence-electron chi connectivity index (χ3n) is 5.72. The smallest absolute Gasteiger partial charge is 0.254 e. The van der Waals surface area contributed by atoms with Crippen LogP contribution in [0.4, 0.5) is 0 Å². The average molecular weight is 343 g/mol. The highest BCUT2D eigenvalue weighted by Crippen LogP contribution is 2.44. The van der Waals surface area contributed by atoms with Crippen LogP contribution in [0.15, 0.2) is 12.1 Å². The predicted octanol–water partition coefficient (Wildman–Crippen LogP) is 2.93. The van der Waals surface area contributed by atoms with Gasteiger partial charge in [-0.1, -0.05) is 0 Å². The maximum absolute atomic E-state index is 12.6. The Hall–Kier alpha value is -1.88. The van der Waals surface area contributed by atoms with Crippen molar-refractivity contribution in [1.82, 2.24) is 5.32 Å². The summed E-state index contributed by atoms with van der Waals surface area (Å²) >= 11 is 0. The molecule has 0 aromatic heterocycles. The number of rotatable bonds is 5. The largest absolute Gasteiger partial charge is 0.492 e. The maximum atomic E-state index is 12.6. The zero-order chi connectivity index (χ0) is 17.4. The van der Waals surface area contributed by atoms with E-state index in [0.29, 0.717) is 41.7 Å². The number of carbonyl (C=O) groups is 2. The predicted molar refractivity (Wildman–Crippen MR) is 93.3 cm³/mol. The molecule has 134 valence electrons. The Bertz CT molecular complexity index is 689. The van der Waals surface area contributed by atoms with E-state index in [0.717, 1.165) is 44.5 Å². The number of hydrogen-bond donors (Lipinski definition) is 1. The molecule has 1 amide bonds. The van der Waals surface area contributed by atoms with Gasteiger partial charge in [-0.3, -0.25) is 9.59 Å². The van der Waals surface area contributed by atoms with Crippen LogP contribution in [-0.4, -0.2) is 38.6 Å². The molecule has 0 bridgehead atoms. The van der Waals surface area contributed by atoms with Crippen molar-refractivity contribution in [2.24, 2.45) is 11.8 Å². The lowest BCUT2D eigenvalue weighted by Crippen LogP contribution is -2.23. The number of fused-ring (bicyclic) bond motifs is 1. The fraction of sp³-hybridized carbons (Fsp3) is 0.600. The Kier molecular flexibility index (Phi) is 4.50. The molecule has 1 aliphatic carbocycles. The molecule has 0 radical (unpaired) electrons. The minimum Gasteiger partial charge on any atom is -0.492 e. The van der Waals surface area contributed by atoms with Crippen molar-refractivity contribution in [3.05, 3.63) is 28.8 Å². The van der Waals surface area contributed by atoms with Crippen LogP contribution in [0.25, 0.3) is 0 Å². The molecule has 1 saturated heterocycles. The molecule has 4 rings (SSSR count). The summed E-state index contributed by atoms with van der Waals surface area (Å²) in [4.78, 5) is 25.0.